The summed E-state index contributed by atoms with van der Waals surface area (Å²) in [5.41, 5.74) is -1.60. The van der Waals surface area contributed by atoms with Crippen LogP contribution in [-0.2, 0) is 5.60 Å². The third kappa shape index (κ3) is 2.53. The van der Waals surface area contributed by atoms with E-state index in [0.717, 1.165) is 18.2 Å². The van der Waals surface area contributed by atoms with Gasteiger partial charge < -0.3 is 9.84 Å². The second-order valence-electron chi connectivity index (χ2n) is 4.14. The van der Waals surface area contributed by atoms with Gasteiger partial charge in [0.05, 0.1) is 7.11 Å². The van der Waals surface area contributed by atoms with Gasteiger partial charge in [0.25, 0.3) is 0 Å². The molecule has 0 aliphatic heterocycles. The summed E-state index contributed by atoms with van der Waals surface area (Å²) < 4.78 is 31.5. The molecule has 0 aliphatic carbocycles. The standard InChI is InChI=1S/C13H12F2N2O2/c1-13(18,8-5-9(14)7-10(15)6-8)11-12(19-2)17-4-3-16-11/h3-7,18H,1-2H3. The van der Waals surface area contributed by atoms with E-state index in [4.69, 9.17) is 4.74 Å². The van der Waals surface area contributed by atoms with E-state index in [0.29, 0.717) is 0 Å². The van der Waals surface area contributed by atoms with Crippen molar-refractivity contribution in [1.82, 2.24) is 9.97 Å². The fourth-order valence-electron chi connectivity index (χ4n) is 1.78. The monoisotopic (exact) mass is 266 g/mol. The Morgan fingerprint density at radius 1 is 1.11 bits per heavy atom. The molecule has 2 rings (SSSR count). The highest BCUT2D eigenvalue weighted by molar-refractivity contribution is 5.36. The van der Waals surface area contributed by atoms with Gasteiger partial charge in [0.15, 0.2) is 0 Å². The van der Waals surface area contributed by atoms with Gasteiger partial charge in [0, 0.05) is 18.5 Å². The minimum atomic E-state index is -1.72. The van der Waals surface area contributed by atoms with Crippen LogP contribution in [0.3, 0.4) is 0 Å². The van der Waals surface area contributed by atoms with Crippen molar-refractivity contribution >= 4 is 0 Å². The molecule has 1 aromatic heterocycles. The molecule has 1 N–H and O–H groups in total. The first kappa shape index (κ1) is 13.4. The smallest absolute Gasteiger partial charge is 0.238 e. The molecule has 0 saturated carbocycles. The van der Waals surface area contributed by atoms with Crippen molar-refractivity contribution in [2.45, 2.75) is 12.5 Å². The molecule has 1 unspecified atom stereocenters. The molecular formula is C13H12F2N2O2. The molecule has 0 saturated heterocycles. The first-order chi connectivity index (χ1) is 8.95. The first-order valence-corrected chi connectivity index (χ1v) is 5.49. The van der Waals surface area contributed by atoms with E-state index in [1.54, 1.807) is 0 Å². The quantitative estimate of drug-likeness (QED) is 0.923. The van der Waals surface area contributed by atoms with Crippen LogP contribution in [0.4, 0.5) is 8.78 Å². The van der Waals surface area contributed by atoms with Crippen LogP contribution in [0, 0.1) is 11.6 Å². The van der Waals surface area contributed by atoms with Gasteiger partial charge in [-0.2, -0.15) is 0 Å². The summed E-state index contributed by atoms with van der Waals surface area (Å²) in [4.78, 5) is 7.88. The highest BCUT2D eigenvalue weighted by Crippen LogP contribution is 2.32. The number of benzene rings is 1. The Morgan fingerprint density at radius 3 is 2.26 bits per heavy atom. The Labute approximate surface area is 108 Å². The molecule has 1 atom stereocenters. The summed E-state index contributed by atoms with van der Waals surface area (Å²) in [6, 6.07) is 2.81. The number of hydrogen-bond acceptors (Lipinski definition) is 4. The van der Waals surface area contributed by atoms with Gasteiger partial charge in [-0.3, -0.25) is 4.98 Å². The summed E-state index contributed by atoms with van der Waals surface area (Å²) in [6.07, 6.45) is 2.76. The van der Waals surface area contributed by atoms with Crippen molar-refractivity contribution in [1.29, 1.82) is 0 Å². The van der Waals surface area contributed by atoms with Crippen molar-refractivity contribution in [3.8, 4) is 5.88 Å². The van der Waals surface area contributed by atoms with Crippen LogP contribution in [0.25, 0.3) is 0 Å². The Bertz CT molecular complexity index is 583. The van der Waals surface area contributed by atoms with E-state index < -0.39 is 17.2 Å². The van der Waals surface area contributed by atoms with Crippen molar-refractivity contribution < 1.29 is 18.6 Å². The molecule has 0 bridgehead atoms. The van der Waals surface area contributed by atoms with Crippen LogP contribution < -0.4 is 4.74 Å². The van der Waals surface area contributed by atoms with Gasteiger partial charge in [0.1, 0.15) is 22.9 Å². The number of ether oxygens (including phenoxy) is 1. The predicted octanol–water partition coefficient (Wildman–Crippen LogP) is 2.02. The van der Waals surface area contributed by atoms with Gasteiger partial charge >= 0.3 is 0 Å². The van der Waals surface area contributed by atoms with E-state index >= 15 is 0 Å². The minimum absolute atomic E-state index is 0.0313. The van der Waals surface area contributed by atoms with Crippen LogP contribution in [0.15, 0.2) is 30.6 Å². The van der Waals surface area contributed by atoms with Crippen LogP contribution >= 0.6 is 0 Å². The number of nitrogens with zero attached hydrogens (tertiary/aromatic N) is 2. The molecule has 0 amide bonds. The molecule has 4 nitrogen and oxygen atoms in total. The Balaban J connectivity index is 2.57. The molecule has 0 spiro atoms. The molecule has 2 aromatic rings. The number of rotatable bonds is 3. The maximum atomic E-state index is 13.2. The number of aromatic nitrogens is 2. The van der Waals surface area contributed by atoms with Gasteiger partial charge in [-0.25, -0.2) is 13.8 Å². The van der Waals surface area contributed by atoms with Crippen LogP contribution in [-0.4, -0.2) is 22.2 Å². The molecule has 1 aromatic carbocycles. The second-order valence-corrected chi connectivity index (χ2v) is 4.14. The molecule has 1 heterocycles. The van der Waals surface area contributed by atoms with Crippen LogP contribution in [0.2, 0.25) is 0 Å². The fourth-order valence-corrected chi connectivity index (χ4v) is 1.78. The second kappa shape index (κ2) is 4.89. The zero-order valence-corrected chi connectivity index (χ0v) is 10.4. The number of methoxy groups -OCH3 is 1. The summed E-state index contributed by atoms with van der Waals surface area (Å²) in [7, 11) is 1.37. The number of hydrogen-bond donors (Lipinski definition) is 1. The van der Waals surface area contributed by atoms with Gasteiger partial charge in [-0.15, -0.1) is 0 Å². The molecular weight excluding hydrogens is 254 g/mol. The average Bonchev–Trinajstić information content (AvgIpc) is 2.37. The van der Waals surface area contributed by atoms with Gasteiger partial charge in [-0.05, 0) is 24.6 Å². The molecule has 0 radical (unpaired) electrons. The summed E-state index contributed by atoms with van der Waals surface area (Å²) in [5.74, 6) is -1.46. The van der Waals surface area contributed by atoms with Crippen LogP contribution in [0.1, 0.15) is 18.2 Å². The molecule has 0 fully saturated rings. The highest BCUT2D eigenvalue weighted by atomic mass is 19.1. The Hall–Kier alpha value is -2.08. The van der Waals surface area contributed by atoms with Crippen LogP contribution in [0.5, 0.6) is 5.88 Å². The molecule has 100 valence electrons. The molecule has 6 heteroatoms. The largest absolute Gasteiger partial charge is 0.480 e. The maximum absolute atomic E-state index is 13.2. The van der Waals surface area contributed by atoms with E-state index in [1.165, 1.54) is 26.4 Å². The van der Waals surface area contributed by atoms with E-state index in [-0.39, 0.29) is 17.1 Å². The highest BCUT2D eigenvalue weighted by Gasteiger charge is 2.32. The third-order valence-corrected chi connectivity index (χ3v) is 2.74. The zero-order chi connectivity index (χ0) is 14.0. The van der Waals surface area contributed by atoms with E-state index in [1.807, 2.05) is 0 Å². The summed E-state index contributed by atoms with van der Waals surface area (Å²) in [6.45, 7) is 1.37. The number of aliphatic hydroxyl groups is 1. The lowest BCUT2D eigenvalue weighted by atomic mass is 9.92. The lowest BCUT2D eigenvalue weighted by Crippen LogP contribution is -2.26. The van der Waals surface area contributed by atoms with Crippen molar-refractivity contribution in [2.24, 2.45) is 0 Å². The first-order valence-electron chi connectivity index (χ1n) is 5.49. The van der Waals surface area contributed by atoms with Crippen molar-refractivity contribution in [3.63, 3.8) is 0 Å². The topological polar surface area (TPSA) is 55.2 Å². The van der Waals surface area contributed by atoms with E-state index in [9.17, 15) is 13.9 Å². The maximum Gasteiger partial charge on any atom is 0.238 e. The Morgan fingerprint density at radius 2 is 1.68 bits per heavy atom. The lowest BCUT2D eigenvalue weighted by molar-refractivity contribution is 0.0922. The number of halogens is 2. The predicted molar refractivity (Wildman–Crippen MR) is 63.6 cm³/mol. The third-order valence-electron chi connectivity index (χ3n) is 2.74. The minimum Gasteiger partial charge on any atom is -0.480 e. The van der Waals surface area contributed by atoms with Gasteiger partial charge in [-0.1, -0.05) is 0 Å². The zero-order valence-electron chi connectivity index (χ0n) is 10.4. The van der Waals surface area contributed by atoms with E-state index in [2.05, 4.69) is 9.97 Å². The fraction of sp³-hybridized carbons (Fsp3) is 0.231. The van der Waals surface area contributed by atoms with Gasteiger partial charge in [0.2, 0.25) is 5.88 Å². The van der Waals surface area contributed by atoms with Crippen molar-refractivity contribution in [2.75, 3.05) is 7.11 Å². The normalized spacial score (nSPS) is 13.9. The molecule has 0 aliphatic rings. The molecule has 19 heavy (non-hydrogen) atoms. The average molecular weight is 266 g/mol. The van der Waals surface area contributed by atoms with Crippen molar-refractivity contribution in [3.05, 3.63) is 53.5 Å². The Kier molecular flexibility index (Phi) is 3.44. The summed E-state index contributed by atoms with van der Waals surface area (Å²) >= 11 is 0. The summed E-state index contributed by atoms with van der Waals surface area (Å²) in [5, 5.41) is 10.5. The lowest BCUT2D eigenvalue weighted by Gasteiger charge is -2.24. The SMILES string of the molecule is COc1nccnc1C(C)(O)c1cc(F)cc(F)c1.